The summed E-state index contributed by atoms with van der Waals surface area (Å²) < 4.78 is 27.7. The van der Waals surface area contributed by atoms with Crippen LogP contribution in [0.1, 0.15) is 25.0 Å². The largest absolute Gasteiger partial charge is 0.386 e. The molecule has 2 aromatic rings. The number of pyridine rings is 1. The lowest BCUT2D eigenvalue weighted by Gasteiger charge is -2.20. The summed E-state index contributed by atoms with van der Waals surface area (Å²) in [6, 6.07) is 9.15. The van der Waals surface area contributed by atoms with Gasteiger partial charge in [-0.05, 0) is 31.5 Å². The molecule has 1 aliphatic rings. The van der Waals surface area contributed by atoms with E-state index < -0.39 is 11.9 Å². The van der Waals surface area contributed by atoms with Crippen molar-refractivity contribution in [2.24, 2.45) is 4.99 Å². The third kappa shape index (κ3) is 6.23. The van der Waals surface area contributed by atoms with Gasteiger partial charge >= 0.3 is 0 Å². The highest BCUT2D eigenvalue weighted by Crippen LogP contribution is 2.21. The molecular formula is C20H26F2IN5O. The number of aliphatic imine (C=N–C) groups is 1. The number of aliphatic hydroxyl groups excluding tert-OH is 1. The van der Waals surface area contributed by atoms with E-state index >= 15 is 0 Å². The molecule has 1 saturated heterocycles. The molecule has 1 aliphatic heterocycles. The van der Waals surface area contributed by atoms with Crippen LogP contribution < -0.4 is 15.5 Å². The van der Waals surface area contributed by atoms with Crippen molar-refractivity contribution >= 4 is 35.8 Å². The third-order valence-electron chi connectivity index (χ3n) is 4.60. The Morgan fingerprint density at radius 3 is 2.76 bits per heavy atom. The van der Waals surface area contributed by atoms with Gasteiger partial charge in [0, 0.05) is 37.4 Å². The number of benzene rings is 1. The highest BCUT2D eigenvalue weighted by molar-refractivity contribution is 14.0. The molecule has 2 unspecified atom stereocenters. The van der Waals surface area contributed by atoms with Crippen molar-refractivity contribution < 1.29 is 13.9 Å². The number of rotatable bonds is 6. The Morgan fingerprint density at radius 2 is 2.03 bits per heavy atom. The van der Waals surface area contributed by atoms with Crippen molar-refractivity contribution in [3.63, 3.8) is 0 Å². The van der Waals surface area contributed by atoms with Crippen LogP contribution in [-0.4, -0.2) is 48.3 Å². The van der Waals surface area contributed by atoms with Crippen LogP contribution in [0, 0.1) is 11.6 Å². The summed E-state index contributed by atoms with van der Waals surface area (Å²) in [6.07, 6.45) is 1.35. The van der Waals surface area contributed by atoms with E-state index in [0.717, 1.165) is 6.42 Å². The van der Waals surface area contributed by atoms with E-state index in [1.54, 1.807) is 30.5 Å². The number of nitrogens with zero attached hydrogens (tertiary/aromatic N) is 3. The number of hydrogen-bond donors (Lipinski definition) is 3. The molecule has 1 aromatic heterocycles. The average Bonchev–Trinajstić information content (AvgIpc) is 3.15. The molecule has 2 atom stereocenters. The van der Waals surface area contributed by atoms with Crippen molar-refractivity contribution in [3.05, 3.63) is 59.8 Å². The molecule has 0 bridgehead atoms. The molecule has 6 nitrogen and oxygen atoms in total. The van der Waals surface area contributed by atoms with Gasteiger partial charge in [0.15, 0.2) is 17.6 Å². The van der Waals surface area contributed by atoms with E-state index in [9.17, 15) is 13.9 Å². The van der Waals surface area contributed by atoms with Gasteiger partial charge in [0.05, 0.1) is 6.54 Å². The fourth-order valence-corrected chi connectivity index (χ4v) is 3.22. The Hall–Kier alpha value is -2.01. The van der Waals surface area contributed by atoms with Crippen LogP contribution in [0.15, 0.2) is 47.6 Å². The minimum absolute atomic E-state index is 0. The number of nitrogens with one attached hydrogen (secondary N) is 2. The predicted octanol–water partition coefficient (Wildman–Crippen LogP) is 2.85. The van der Waals surface area contributed by atoms with Gasteiger partial charge in [0.2, 0.25) is 0 Å². The molecule has 3 N–H and O–H groups in total. The van der Waals surface area contributed by atoms with E-state index in [2.05, 4.69) is 20.6 Å². The molecular weight excluding hydrogens is 491 g/mol. The van der Waals surface area contributed by atoms with Crippen molar-refractivity contribution in [1.29, 1.82) is 0 Å². The first-order valence-corrected chi connectivity index (χ1v) is 9.41. The van der Waals surface area contributed by atoms with Crippen LogP contribution in [0.5, 0.6) is 0 Å². The topological polar surface area (TPSA) is 72.8 Å². The van der Waals surface area contributed by atoms with Crippen LogP contribution in [0.3, 0.4) is 0 Å². The number of guanidine groups is 1. The van der Waals surface area contributed by atoms with Crippen molar-refractivity contribution in [2.75, 3.05) is 31.1 Å². The molecule has 29 heavy (non-hydrogen) atoms. The van der Waals surface area contributed by atoms with Crippen LogP contribution in [0.25, 0.3) is 0 Å². The van der Waals surface area contributed by atoms with E-state index in [1.165, 1.54) is 12.1 Å². The van der Waals surface area contributed by atoms with Crippen molar-refractivity contribution in [1.82, 2.24) is 15.6 Å². The summed E-state index contributed by atoms with van der Waals surface area (Å²) in [5, 5.41) is 16.7. The average molecular weight is 517 g/mol. The third-order valence-corrected chi connectivity index (χ3v) is 4.60. The Morgan fingerprint density at radius 1 is 1.28 bits per heavy atom. The van der Waals surface area contributed by atoms with Crippen LogP contribution in [0.2, 0.25) is 0 Å². The van der Waals surface area contributed by atoms with Gasteiger partial charge < -0.3 is 20.6 Å². The smallest absolute Gasteiger partial charge is 0.191 e. The molecule has 0 aliphatic carbocycles. The SMILES string of the molecule is CCNC(=NCC(O)c1ccccc1F)NC1CCN(c2ncccc2F)C1.I. The normalized spacial score (nSPS) is 17.6. The Labute approximate surface area is 186 Å². The van der Waals surface area contributed by atoms with E-state index in [-0.39, 0.29) is 47.9 Å². The van der Waals surface area contributed by atoms with Crippen LogP contribution >= 0.6 is 24.0 Å². The summed E-state index contributed by atoms with van der Waals surface area (Å²) in [6.45, 7) is 3.89. The van der Waals surface area contributed by atoms with Gasteiger partial charge in [-0.25, -0.2) is 13.8 Å². The standard InChI is InChI=1S/C20H25F2N5O.HI/c1-2-23-20(25-12-18(28)15-6-3-4-7-16(15)21)26-14-9-11-27(13-14)19-17(22)8-5-10-24-19;/h3-8,10,14,18,28H,2,9,11-13H2,1H3,(H2,23,25,26);1H. The fraction of sp³-hybridized carbons (Fsp3) is 0.400. The summed E-state index contributed by atoms with van der Waals surface area (Å²) in [5.74, 6) is 0.0960. The first-order valence-electron chi connectivity index (χ1n) is 9.41. The van der Waals surface area contributed by atoms with Gasteiger partial charge in [0.1, 0.15) is 11.9 Å². The van der Waals surface area contributed by atoms with Crippen LogP contribution in [0.4, 0.5) is 14.6 Å². The molecule has 0 amide bonds. The molecule has 2 heterocycles. The Balaban J connectivity index is 0.00000300. The first kappa shape index (κ1) is 23.3. The maximum absolute atomic E-state index is 13.9. The molecule has 1 aromatic carbocycles. The summed E-state index contributed by atoms with van der Waals surface area (Å²) in [5.41, 5.74) is 0.222. The van der Waals surface area contributed by atoms with Crippen molar-refractivity contribution in [2.45, 2.75) is 25.5 Å². The molecule has 0 spiro atoms. The van der Waals surface area contributed by atoms with Crippen LogP contribution in [-0.2, 0) is 0 Å². The quantitative estimate of drug-likeness (QED) is 0.313. The monoisotopic (exact) mass is 517 g/mol. The molecule has 158 valence electrons. The van der Waals surface area contributed by atoms with E-state index in [0.29, 0.717) is 31.4 Å². The van der Waals surface area contributed by atoms with E-state index in [4.69, 9.17) is 0 Å². The lowest BCUT2D eigenvalue weighted by molar-refractivity contribution is 0.182. The van der Waals surface area contributed by atoms with Gasteiger partial charge in [-0.15, -0.1) is 24.0 Å². The summed E-state index contributed by atoms with van der Waals surface area (Å²) in [4.78, 5) is 10.4. The highest BCUT2D eigenvalue weighted by atomic mass is 127. The molecule has 3 rings (SSSR count). The molecule has 0 radical (unpaired) electrons. The number of aromatic nitrogens is 1. The predicted molar refractivity (Wildman–Crippen MR) is 121 cm³/mol. The van der Waals surface area contributed by atoms with Gasteiger partial charge in [-0.3, -0.25) is 4.99 Å². The minimum atomic E-state index is -1.03. The summed E-state index contributed by atoms with van der Waals surface area (Å²) >= 11 is 0. The minimum Gasteiger partial charge on any atom is -0.386 e. The molecule has 9 heteroatoms. The second kappa shape index (κ2) is 11.2. The number of aliphatic hydroxyl groups is 1. The maximum Gasteiger partial charge on any atom is 0.191 e. The van der Waals surface area contributed by atoms with Gasteiger partial charge in [-0.2, -0.15) is 0 Å². The van der Waals surface area contributed by atoms with Gasteiger partial charge in [-0.1, -0.05) is 18.2 Å². The Bertz CT molecular complexity index is 823. The van der Waals surface area contributed by atoms with Gasteiger partial charge in [0.25, 0.3) is 0 Å². The lowest BCUT2D eigenvalue weighted by atomic mass is 10.1. The second-order valence-electron chi connectivity index (χ2n) is 6.64. The van der Waals surface area contributed by atoms with Crippen molar-refractivity contribution in [3.8, 4) is 0 Å². The number of hydrogen-bond acceptors (Lipinski definition) is 4. The Kier molecular flexibility index (Phi) is 9.02. The fourth-order valence-electron chi connectivity index (χ4n) is 3.22. The zero-order chi connectivity index (χ0) is 19.9. The second-order valence-corrected chi connectivity index (χ2v) is 6.64. The maximum atomic E-state index is 13.9. The summed E-state index contributed by atoms with van der Waals surface area (Å²) in [7, 11) is 0. The zero-order valence-electron chi connectivity index (χ0n) is 16.2. The molecule has 1 fully saturated rings. The van der Waals surface area contributed by atoms with E-state index in [1.807, 2.05) is 11.8 Å². The number of halogens is 3. The number of anilines is 1. The first-order chi connectivity index (χ1) is 13.6. The molecule has 0 saturated carbocycles. The zero-order valence-corrected chi connectivity index (χ0v) is 18.5. The lowest BCUT2D eigenvalue weighted by Crippen LogP contribution is -2.45. The highest BCUT2D eigenvalue weighted by Gasteiger charge is 2.26.